The second-order valence-corrected chi connectivity index (χ2v) is 5.00. The van der Waals surface area contributed by atoms with Crippen LogP contribution in [-0.4, -0.2) is 35.5 Å². The summed E-state index contributed by atoms with van der Waals surface area (Å²) in [5.74, 6) is 2.06. The summed E-state index contributed by atoms with van der Waals surface area (Å²) in [4.78, 5) is 24.8. The molecule has 1 saturated heterocycles. The van der Waals surface area contributed by atoms with Gasteiger partial charge in [-0.1, -0.05) is 12.1 Å². The quantitative estimate of drug-likeness (QED) is 0.837. The van der Waals surface area contributed by atoms with Gasteiger partial charge in [0.2, 0.25) is 5.91 Å². The third-order valence-electron chi connectivity index (χ3n) is 3.64. The second kappa shape index (κ2) is 6.31. The van der Waals surface area contributed by atoms with Crippen LogP contribution < -0.4 is 4.74 Å². The van der Waals surface area contributed by atoms with Gasteiger partial charge >= 0.3 is 5.97 Å². The van der Waals surface area contributed by atoms with E-state index >= 15 is 0 Å². The fourth-order valence-corrected chi connectivity index (χ4v) is 2.54. The monoisotopic (exact) mass is 287 g/mol. The fourth-order valence-electron chi connectivity index (χ4n) is 2.54. The third-order valence-corrected chi connectivity index (χ3v) is 3.64. The number of carbonyl (C=O) groups is 2. The van der Waals surface area contributed by atoms with Gasteiger partial charge in [0.1, 0.15) is 5.75 Å². The van der Waals surface area contributed by atoms with Crippen LogP contribution in [-0.2, 0) is 9.59 Å². The van der Waals surface area contributed by atoms with Crippen molar-refractivity contribution in [2.75, 3.05) is 13.7 Å². The summed E-state index contributed by atoms with van der Waals surface area (Å²) in [7, 11) is 1.56. The molecule has 5 heteroatoms. The van der Waals surface area contributed by atoms with Crippen LogP contribution in [0.1, 0.15) is 24.4 Å². The summed E-state index contributed by atoms with van der Waals surface area (Å²) in [5.41, 5.74) is 0.768. The highest BCUT2D eigenvalue weighted by Crippen LogP contribution is 2.31. The zero-order valence-corrected chi connectivity index (χ0v) is 11.8. The Balaban J connectivity index is 2.27. The lowest BCUT2D eigenvalue weighted by Gasteiger charge is -2.27. The smallest absolute Gasteiger partial charge is 0.305 e. The molecule has 5 nitrogen and oxygen atoms in total. The molecule has 0 saturated carbocycles. The maximum atomic E-state index is 12.1. The van der Waals surface area contributed by atoms with E-state index in [0.29, 0.717) is 12.3 Å². The van der Waals surface area contributed by atoms with E-state index in [2.05, 4.69) is 5.92 Å². The molecule has 1 aromatic carbocycles. The van der Waals surface area contributed by atoms with E-state index in [4.69, 9.17) is 16.3 Å². The first kappa shape index (κ1) is 14.9. The van der Waals surface area contributed by atoms with Gasteiger partial charge in [-0.2, -0.15) is 0 Å². The van der Waals surface area contributed by atoms with Gasteiger partial charge in [0.15, 0.2) is 0 Å². The van der Waals surface area contributed by atoms with Crippen LogP contribution in [0.4, 0.5) is 0 Å². The highest BCUT2D eigenvalue weighted by molar-refractivity contribution is 5.80. The number of likely N-dealkylation sites (tertiary alicyclic amines) is 1. The Bertz CT molecular complexity index is 573. The molecule has 110 valence electrons. The molecular formula is C16H17NO4. The molecule has 0 aromatic heterocycles. The van der Waals surface area contributed by atoms with E-state index in [9.17, 15) is 9.59 Å². The number of benzene rings is 1. The molecule has 2 unspecified atom stereocenters. The lowest BCUT2D eigenvalue weighted by atomic mass is 10.0. The van der Waals surface area contributed by atoms with Crippen molar-refractivity contribution in [2.24, 2.45) is 5.92 Å². The highest BCUT2D eigenvalue weighted by atomic mass is 16.5. The van der Waals surface area contributed by atoms with Crippen LogP contribution in [0.2, 0.25) is 0 Å². The number of nitrogens with zero attached hydrogens (tertiary/aromatic N) is 1. The van der Waals surface area contributed by atoms with Gasteiger partial charge in [-0.05, 0) is 17.7 Å². The Morgan fingerprint density at radius 1 is 1.52 bits per heavy atom. The maximum Gasteiger partial charge on any atom is 0.305 e. The highest BCUT2D eigenvalue weighted by Gasteiger charge is 2.35. The van der Waals surface area contributed by atoms with Crippen molar-refractivity contribution in [1.82, 2.24) is 4.90 Å². The molecule has 21 heavy (non-hydrogen) atoms. The van der Waals surface area contributed by atoms with E-state index < -0.39 is 12.0 Å². The van der Waals surface area contributed by atoms with Gasteiger partial charge < -0.3 is 14.7 Å². The van der Waals surface area contributed by atoms with E-state index in [1.807, 2.05) is 0 Å². The summed E-state index contributed by atoms with van der Waals surface area (Å²) in [6.45, 7) is 0.402. The molecule has 1 N–H and O–H groups in total. The third kappa shape index (κ3) is 3.34. The van der Waals surface area contributed by atoms with Gasteiger partial charge in [-0.15, -0.1) is 12.3 Å². The van der Waals surface area contributed by atoms with E-state index in [1.165, 1.54) is 0 Å². The van der Waals surface area contributed by atoms with Crippen molar-refractivity contribution < 1.29 is 19.4 Å². The SMILES string of the molecule is C#CC1CC(=O)N(C(CC(=O)O)c2ccc(OC)cc2)C1. The second-order valence-electron chi connectivity index (χ2n) is 5.00. The first-order valence-electron chi connectivity index (χ1n) is 6.66. The van der Waals surface area contributed by atoms with Crippen molar-refractivity contribution in [3.63, 3.8) is 0 Å². The molecule has 1 aliphatic rings. The number of carbonyl (C=O) groups excluding carboxylic acids is 1. The molecule has 1 amide bonds. The summed E-state index contributed by atoms with van der Waals surface area (Å²) in [6, 6.07) is 6.57. The normalized spacial score (nSPS) is 19.1. The zero-order chi connectivity index (χ0) is 15.4. The lowest BCUT2D eigenvalue weighted by Crippen LogP contribution is -2.31. The standard InChI is InChI=1S/C16H17NO4/c1-3-11-8-15(18)17(10-11)14(9-16(19)20)12-4-6-13(21-2)7-5-12/h1,4-7,11,14H,8-10H2,2H3,(H,19,20). The first-order chi connectivity index (χ1) is 10.0. The fraction of sp³-hybridized carbons (Fsp3) is 0.375. The van der Waals surface area contributed by atoms with Crippen molar-refractivity contribution in [3.05, 3.63) is 29.8 Å². The Labute approximate surface area is 123 Å². The van der Waals surface area contributed by atoms with Gasteiger partial charge in [-0.25, -0.2) is 0 Å². The van der Waals surface area contributed by atoms with Crippen LogP contribution in [0.15, 0.2) is 24.3 Å². The Morgan fingerprint density at radius 3 is 2.67 bits per heavy atom. The van der Waals surface area contributed by atoms with Gasteiger partial charge in [0.05, 0.1) is 19.6 Å². The molecule has 0 radical (unpaired) electrons. The van der Waals surface area contributed by atoms with E-state index in [1.54, 1.807) is 36.3 Å². The number of rotatable bonds is 5. The average Bonchev–Trinajstić information content (AvgIpc) is 2.86. The average molecular weight is 287 g/mol. The molecular weight excluding hydrogens is 270 g/mol. The van der Waals surface area contributed by atoms with Crippen LogP contribution in [0, 0.1) is 18.3 Å². The molecule has 1 aromatic rings. The van der Waals surface area contributed by atoms with E-state index in [0.717, 1.165) is 5.56 Å². The molecule has 0 bridgehead atoms. The van der Waals surface area contributed by atoms with Crippen LogP contribution >= 0.6 is 0 Å². The van der Waals surface area contributed by atoms with Crippen molar-refractivity contribution >= 4 is 11.9 Å². The summed E-state index contributed by atoms with van der Waals surface area (Å²) < 4.78 is 5.09. The van der Waals surface area contributed by atoms with Crippen LogP contribution in [0.25, 0.3) is 0 Å². The minimum atomic E-state index is -0.951. The van der Waals surface area contributed by atoms with Gasteiger partial charge in [-0.3, -0.25) is 9.59 Å². The minimum absolute atomic E-state index is 0.0972. The summed E-state index contributed by atoms with van der Waals surface area (Å²) >= 11 is 0. The number of methoxy groups -OCH3 is 1. The van der Waals surface area contributed by atoms with Gasteiger partial charge in [0.25, 0.3) is 0 Å². The number of carboxylic acid groups (broad SMARTS) is 1. The predicted octanol–water partition coefficient (Wildman–Crippen LogP) is 1.69. The Kier molecular flexibility index (Phi) is 4.49. The molecule has 0 aliphatic carbocycles. The van der Waals surface area contributed by atoms with Crippen LogP contribution in [0.5, 0.6) is 5.75 Å². The first-order valence-corrected chi connectivity index (χ1v) is 6.66. The number of hydrogen-bond donors (Lipinski definition) is 1. The zero-order valence-electron chi connectivity index (χ0n) is 11.8. The van der Waals surface area contributed by atoms with Crippen molar-refractivity contribution in [3.8, 4) is 18.1 Å². The largest absolute Gasteiger partial charge is 0.497 e. The Hall–Kier alpha value is -2.48. The van der Waals surface area contributed by atoms with E-state index in [-0.39, 0.29) is 24.7 Å². The molecule has 1 aliphatic heterocycles. The van der Waals surface area contributed by atoms with Crippen molar-refractivity contribution in [2.45, 2.75) is 18.9 Å². The summed E-state index contributed by atoms with van der Waals surface area (Å²) in [6.07, 6.45) is 5.51. The molecule has 0 spiro atoms. The minimum Gasteiger partial charge on any atom is -0.497 e. The topological polar surface area (TPSA) is 66.8 Å². The Morgan fingerprint density at radius 2 is 2.19 bits per heavy atom. The summed E-state index contributed by atoms with van der Waals surface area (Å²) in [5, 5.41) is 9.11. The molecule has 2 rings (SSSR count). The van der Waals surface area contributed by atoms with Gasteiger partial charge in [0, 0.05) is 18.9 Å². The molecule has 2 atom stereocenters. The van der Waals surface area contributed by atoms with Crippen molar-refractivity contribution in [1.29, 1.82) is 0 Å². The number of aliphatic carboxylic acids is 1. The predicted molar refractivity (Wildman–Crippen MR) is 76.6 cm³/mol. The number of carboxylic acids is 1. The van der Waals surface area contributed by atoms with Crippen LogP contribution in [0.3, 0.4) is 0 Å². The molecule has 1 heterocycles. The number of amides is 1. The number of hydrogen-bond acceptors (Lipinski definition) is 3. The number of ether oxygens (including phenoxy) is 1. The number of terminal acetylenes is 1. The molecule has 1 fully saturated rings. The maximum absolute atomic E-state index is 12.1. The lowest BCUT2D eigenvalue weighted by molar-refractivity contribution is -0.139.